The molecule has 4 rings (SSSR count). The number of halogens is 1. The Balaban J connectivity index is 1.94. The van der Waals surface area contributed by atoms with Gasteiger partial charge in [0.05, 0.1) is 49.8 Å². The van der Waals surface area contributed by atoms with Crippen LogP contribution in [0.1, 0.15) is 31.0 Å². The van der Waals surface area contributed by atoms with Crippen molar-refractivity contribution in [2.75, 3.05) is 27.9 Å². The molecule has 8 nitrogen and oxygen atoms in total. The third kappa shape index (κ3) is 4.64. The number of hydrogen-bond acceptors (Lipinski definition) is 8. The lowest BCUT2D eigenvalue weighted by Gasteiger charge is -2.24. The predicted octanol–water partition coefficient (Wildman–Crippen LogP) is 3.48. The second kappa shape index (κ2) is 10.6. The van der Waals surface area contributed by atoms with E-state index in [1.54, 1.807) is 56.3 Å². The maximum Gasteiger partial charge on any atom is 0.338 e. The van der Waals surface area contributed by atoms with Gasteiger partial charge in [-0.15, -0.1) is 0 Å². The highest BCUT2D eigenvalue weighted by Crippen LogP contribution is 2.38. The van der Waals surface area contributed by atoms with Gasteiger partial charge in [0, 0.05) is 5.02 Å². The van der Waals surface area contributed by atoms with Crippen molar-refractivity contribution in [3.63, 3.8) is 0 Å². The van der Waals surface area contributed by atoms with E-state index in [-0.39, 0.29) is 12.2 Å². The van der Waals surface area contributed by atoms with Crippen molar-refractivity contribution >= 4 is 35.0 Å². The highest BCUT2D eigenvalue weighted by Gasteiger charge is 2.33. The minimum absolute atomic E-state index is 0.203. The van der Waals surface area contributed by atoms with Crippen LogP contribution in [0.3, 0.4) is 0 Å². The Kier molecular flexibility index (Phi) is 7.51. The summed E-state index contributed by atoms with van der Waals surface area (Å²) in [6.07, 6.45) is 1.73. The molecule has 0 amide bonds. The molecule has 1 aliphatic heterocycles. The van der Waals surface area contributed by atoms with Gasteiger partial charge in [0.15, 0.2) is 16.3 Å². The number of fused-ring (bicyclic) bond motifs is 1. The summed E-state index contributed by atoms with van der Waals surface area (Å²) >= 11 is 7.33. The van der Waals surface area contributed by atoms with Gasteiger partial charge in [-0.2, -0.15) is 0 Å². The Labute approximate surface area is 216 Å². The van der Waals surface area contributed by atoms with E-state index >= 15 is 0 Å². The molecule has 36 heavy (non-hydrogen) atoms. The van der Waals surface area contributed by atoms with Gasteiger partial charge < -0.3 is 18.9 Å². The molecule has 1 aliphatic rings. The molecular formula is C26H25ClN2O6S. The lowest BCUT2D eigenvalue weighted by atomic mass is 9.96. The Morgan fingerprint density at radius 3 is 2.31 bits per heavy atom. The second-order valence-corrected chi connectivity index (χ2v) is 9.26. The Hall–Kier alpha value is -3.56. The maximum atomic E-state index is 13.7. The number of carbonyl (C=O) groups excluding carboxylic acids is 1. The lowest BCUT2D eigenvalue weighted by molar-refractivity contribution is -0.139. The smallest absolute Gasteiger partial charge is 0.338 e. The van der Waals surface area contributed by atoms with Crippen molar-refractivity contribution in [1.82, 2.24) is 4.57 Å². The first-order valence-corrected chi connectivity index (χ1v) is 12.3. The zero-order valence-corrected chi connectivity index (χ0v) is 22.0. The Morgan fingerprint density at radius 2 is 1.75 bits per heavy atom. The lowest BCUT2D eigenvalue weighted by Crippen LogP contribution is -2.39. The molecule has 0 bridgehead atoms. The van der Waals surface area contributed by atoms with Crippen molar-refractivity contribution in [2.45, 2.75) is 19.9 Å². The first kappa shape index (κ1) is 25.5. The monoisotopic (exact) mass is 528 g/mol. The number of carbonyl (C=O) groups is 1. The summed E-state index contributed by atoms with van der Waals surface area (Å²) in [5.74, 6) is 0.874. The number of nitrogens with zero attached hydrogens (tertiary/aromatic N) is 2. The van der Waals surface area contributed by atoms with E-state index in [9.17, 15) is 9.59 Å². The summed E-state index contributed by atoms with van der Waals surface area (Å²) in [5.41, 5.74) is 1.91. The second-order valence-electron chi connectivity index (χ2n) is 7.81. The van der Waals surface area contributed by atoms with Crippen LogP contribution in [0, 0.1) is 0 Å². The number of aromatic nitrogens is 1. The molecule has 0 saturated heterocycles. The molecule has 3 aromatic rings. The normalized spacial score (nSPS) is 15.3. The van der Waals surface area contributed by atoms with Crippen LogP contribution in [0.2, 0.25) is 5.02 Å². The zero-order valence-electron chi connectivity index (χ0n) is 20.5. The largest absolute Gasteiger partial charge is 0.493 e. The molecule has 2 aromatic carbocycles. The van der Waals surface area contributed by atoms with E-state index < -0.39 is 12.0 Å². The summed E-state index contributed by atoms with van der Waals surface area (Å²) in [6.45, 7) is 3.68. The summed E-state index contributed by atoms with van der Waals surface area (Å²) in [4.78, 5) is 31.7. The fraction of sp³-hybridized carbons (Fsp3) is 0.269. The van der Waals surface area contributed by atoms with Gasteiger partial charge in [0.25, 0.3) is 5.56 Å². The van der Waals surface area contributed by atoms with Crippen molar-refractivity contribution in [2.24, 2.45) is 4.99 Å². The van der Waals surface area contributed by atoms with Crippen molar-refractivity contribution in [3.8, 4) is 17.2 Å². The molecule has 0 aliphatic carbocycles. The molecule has 0 radical (unpaired) electrons. The molecule has 0 spiro atoms. The molecule has 10 heteroatoms. The van der Waals surface area contributed by atoms with Gasteiger partial charge >= 0.3 is 5.97 Å². The van der Waals surface area contributed by atoms with Gasteiger partial charge in [-0.1, -0.05) is 35.1 Å². The quantitative estimate of drug-likeness (QED) is 0.436. The van der Waals surface area contributed by atoms with Crippen molar-refractivity contribution in [1.29, 1.82) is 0 Å². The number of esters is 1. The molecule has 0 N–H and O–H groups in total. The average molecular weight is 529 g/mol. The predicted molar refractivity (Wildman–Crippen MR) is 138 cm³/mol. The van der Waals surface area contributed by atoms with Crippen molar-refractivity contribution in [3.05, 3.63) is 83.5 Å². The molecule has 1 atom stereocenters. The highest BCUT2D eigenvalue weighted by molar-refractivity contribution is 7.07. The number of benzene rings is 2. The maximum absolute atomic E-state index is 13.7. The minimum Gasteiger partial charge on any atom is -0.493 e. The molecule has 1 aromatic heterocycles. The van der Waals surface area contributed by atoms with Crippen LogP contribution in [-0.4, -0.2) is 38.5 Å². The number of rotatable bonds is 7. The van der Waals surface area contributed by atoms with Gasteiger partial charge in [0.1, 0.15) is 0 Å². The first-order valence-electron chi connectivity index (χ1n) is 11.1. The van der Waals surface area contributed by atoms with E-state index in [1.165, 1.54) is 37.2 Å². The Bertz CT molecular complexity index is 1500. The van der Waals surface area contributed by atoms with E-state index in [0.29, 0.717) is 48.4 Å². The summed E-state index contributed by atoms with van der Waals surface area (Å²) in [5, 5.41) is 0.548. The zero-order chi connectivity index (χ0) is 26.0. The van der Waals surface area contributed by atoms with Gasteiger partial charge in [-0.25, -0.2) is 9.79 Å². The number of methoxy groups -OCH3 is 3. The SMILES string of the molecule is CCOC(=O)C1=C(C)N=c2s/c(=C/c3cc(OC)c(OC)c(OC)c3)c(=O)n2[C@@H]1c1ccc(Cl)cc1. The van der Waals surface area contributed by atoms with Crippen LogP contribution in [0.15, 0.2) is 57.5 Å². The molecule has 2 heterocycles. The van der Waals surface area contributed by atoms with E-state index in [0.717, 1.165) is 5.56 Å². The fourth-order valence-corrected chi connectivity index (χ4v) is 5.26. The number of ether oxygens (including phenoxy) is 4. The van der Waals surface area contributed by atoms with Crippen molar-refractivity contribution < 1.29 is 23.7 Å². The van der Waals surface area contributed by atoms with Crippen LogP contribution in [0.25, 0.3) is 6.08 Å². The van der Waals surface area contributed by atoms with Crippen LogP contribution in [-0.2, 0) is 9.53 Å². The van der Waals surface area contributed by atoms with Gasteiger partial charge in [0.2, 0.25) is 5.75 Å². The molecule has 0 unspecified atom stereocenters. The van der Waals surface area contributed by atoms with Gasteiger partial charge in [-0.3, -0.25) is 9.36 Å². The Morgan fingerprint density at radius 1 is 1.11 bits per heavy atom. The first-order chi connectivity index (χ1) is 17.3. The number of hydrogen-bond donors (Lipinski definition) is 0. The fourth-order valence-electron chi connectivity index (χ4n) is 4.09. The minimum atomic E-state index is -0.709. The standard InChI is InChI=1S/C26H25ClN2O6S/c1-6-35-25(31)21-14(2)28-26-29(22(21)16-7-9-17(27)10-8-16)24(30)20(36-26)13-15-11-18(32-3)23(34-5)19(12-15)33-4/h7-13,22H,6H2,1-5H3/b20-13+/t22-/m1/s1. The summed E-state index contributed by atoms with van der Waals surface area (Å²) < 4.78 is 23.5. The molecule has 0 saturated carbocycles. The van der Waals surface area contributed by atoms with Crippen LogP contribution < -0.4 is 29.1 Å². The topological polar surface area (TPSA) is 88.4 Å². The highest BCUT2D eigenvalue weighted by atomic mass is 35.5. The molecular weight excluding hydrogens is 504 g/mol. The molecule has 0 fully saturated rings. The van der Waals surface area contributed by atoms with Gasteiger partial charge in [-0.05, 0) is 55.3 Å². The molecule has 188 valence electrons. The summed E-state index contributed by atoms with van der Waals surface area (Å²) in [7, 11) is 4.58. The van der Waals surface area contributed by atoms with Crippen LogP contribution in [0.4, 0.5) is 0 Å². The van der Waals surface area contributed by atoms with Crippen LogP contribution in [0.5, 0.6) is 17.2 Å². The van der Waals surface area contributed by atoms with E-state index in [1.807, 2.05) is 0 Å². The third-order valence-electron chi connectivity index (χ3n) is 5.69. The average Bonchev–Trinajstić information content (AvgIpc) is 3.17. The van der Waals surface area contributed by atoms with Crippen LogP contribution >= 0.6 is 22.9 Å². The van der Waals surface area contributed by atoms with E-state index in [2.05, 4.69) is 4.99 Å². The van der Waals surface area contributed by atoms with E-state index in [4.69, 9.17) is 30.5 Å². The summed E-state index contributed by atoms with van der Waals surface area (Å²) in [6, 6.07) is 9.83. The number of thiazole rings is 1. The number of allylic oxidation sites excluding steroid dienone is 1. The third-order valence-corrected chi connectivity index (χ3v) is 6.92.